The summed E-state index contributed by atoms with van der Waals surface area (Å²) in [7, 11) is 1.57. The van der Waals surface area contributed by atoms with Gasteiger partial charge < -0.3 is 20.5 Å². The van der Waals surface area contributed by atoms with Crippen molar-refractivity contribution in [3.05, 3.63) is 0 Å². The van der Waals surface area contributed by atoms with Crippen LogP contribution in [0.4, 0.5) is 4.79 Å². The molecule has 0 aliphatic carbocycles. The molecule has 0 saturated heterocycles. The molecule has 0 bridgehead atoms. The van der Waals surface area contributed by atoms with E-state index in [0.717, 1.165) is 0 Å². The molecule has 0 aromatic rings. The summed E-state index contributed by atoms with van der Waals surface area (Å²) < 4.78 is 4.88. The van der Waals surface area contributed by atoms with Gasteiger partial charge in [-0.15, -0.1) is 0 Å². The van der Waals surface area contributed by atoms with Crippen LogP contribution >= 0.6 is 0 Å². The predicted octanol–water partition coefficient (Wildman–Crippen LogP) is 0.821. The van der Waals surface area contributed by atoms with Crippen LogP contribution in [0.1, 0.15) is 26.7 Å². The number of urea groups is 1. The number of hydrogen-bond donors (Lipinski definition) is 3. The van der Waals surface area contributed by atoms with E-state index in [2.05, 4.69) is 10.6 Å². The maximum atomic E-state index is 11.3. The Hall–Kier alpha value is -1.30. The zero-order valence-corrected chi connectivity index (χ0v) is 10.7. The fraction of sp³-hybridized carbons (Fsp3) is 0.818. The van der Waals surface area contributed by atoms with E-state index < -0.39 is 5.97 Å². The third kappa shape index (κ3) is 8.50. The van der Waals surface area contributed by atoms with Crippen molar-refractivity contribution >= 4 is 12.0 Å². The summed E-state index contributed by atoms with van der Waals surface area (Å²) in [6.07, 6.45) is 1.21. The number of rotatable bonds is 8. The minimum atomic E-state index is -0.803. The highest BCUT2D eigenvalue weighted by Crippen LogP contribution is 2.03. The number of methoxy groups -OCH3 is 1. The second kappa shape index (κ2) is 8.81. The topological polar surface area (TPSA) is 87.7 Å². The van der Waals surface area contributed by atoms with Gasteiger partial charge in [-0.3, -0.25) is 4.79 Å². The Labute approximate surface area is 102 Å². The van der Waals surface area contributed by atoms with Crippen molar-refractivity contribution in [1.29, 1.82) is 0 Å². The van der Waals surface area contributed by atoms with Crippen LogP contribution in [0.5, 0.6) is 0 Å². The van der Waals surface area contributed by atoms with E-state index in [1.54, 1.807) is 14.0 Å². The van der Waals surface area contributed by atoms with Gasteiger partial charge in [-0.2, -0.15) is 0 Å². The maximum absolute atomic E-state index is 11.3. The molecule has 100 valence electrons. The van der Waals surface area contributed by atoms with E-state index in [1.165, 1.54) is 0 Å². The number of ether oxygens (including phenoxy) is 1. The quantitative estimate of drug-likeness (QED) is 0.553. The van der Waals surface area contributed by atoms with Crippen LogP contribution in [0, 0.1) is 5.92 Å². The molecule has 0 aliphatic rings. The van der Waals surface area contributed by atoms with Crippen molar-refractivity contribution in [2.75, 3.05) is 20.3 Å². The first-order valence-electron chi connectivity index (χ1n) is 5.73. The zero-order chi connectivity index (χ0) is 13.3. The Morgan fingerprint density at radius 2 is 2.00 bits per heavy atom. The highest BCUT2D eigenvalue weighted by Gasteiger charge is 2.10. The third-order valence-corrected chi connectivity index (χ3v) is 2.32. The molecule has 2 unspecified atom stereocenters. The van der Waals surface area contributed by atoms with Crippen molar-refractivity contribution in [1.82, 2.24) is 10.6 Å². The van der Waals surface area contributed by atoms with E-state index >= 15 is 0 Å². The predicted molar refractivity (Wildman–Crippen MR) is 63.9 cm³/mol. The second-order valence-electron chi connectivity index (χ2n) is 4.14. The van der Waals surface area contributed by atoms with E-state index in [4.69, 9.17) is 9.84 Å². The summed E-state index contributed by atoms with van der Waals surface area (Å²) in [5.74, 6) is -1.17. The first-order chi connectivity index (χ1) is 7.97. The number of hydrogen-bond acceptors (Lipinski definition) is 3. The van der Waals surface area contributed by atoms with E-state index in [1.807, 2.05) is 6.92 Å². The van der Waals surface area contributed by atoms with Crippen LogP contribution in [-0.4, -0.2) is 43.4 Å². The molecule has 0 aromatic carbocycles. The summed E-state index contributed by atoms with van der Waals surface area (Å²) in [4.78, 5) is 21.8. The van der Waals surface area contributed by atoms with Crippen molar-refractivity contribution in [3.63, 3.8) is 0 Å². The highest BCUT2D eigenvalue weighted by atomic mass is 16.5. The minimum Gasteiger partial charge on any atom is -0.481 e. The summed E-state index contributed by atoms with van der Waals surface area (Å²) >= 11 is 0. The van der Waals surface area contributed by atoms with Crippen LogP contribution < -0.4 is 10.6 Å². The van der Waals surface area contributed by atoms with Gasteiger partial charge in [0.05, 0.1) is 18.6 Å². The summed E-state index contributed by atoms with van der Waals surface area (Å²) in [5.41, 5.74) is 0. The van der Waals surface area contributed by atoms with Gasteiger partial charge >= 0.3 is 12.0 Å². The SMILES string of the molecule is COCC(C)NC(=O)NCCCC(C)C(=O)O. The normalized spacial score (nSPS) is 13.8. The second-order valence-corrected chi connectivity index (χ2v) is 4.14. The van der Waals surface area contributed by atoms with Crippen LogP contribution in [0.2, 0.25) is 0 Å². The lowest BCUT2D eigenvalue weighted by Gasteiger charge is -2.13. The summed E-state index contributed by atoms with van der Waals surface area (Å²) in [5, 5.41) is 14.0. The largest absolute Gasteiger partial charge is 0.481 e. The molecule has 6 nitrogen and oxygen atoms in total. The van der Waals surface area contributed by atoms with E-state index in [9.17, 15) is 9.59 Å². The van der Waals surface area contributed by atoms with Gasteiger partial charge in [0.2, 0.25) is 0 Å². The van der Waals surface area contributed by atoms with Crippen LogP contribution in [0.15, 0.2) is 0 Å². The number of carboxylic acid groups (broad SMARTS) is 1. The Morgan fingerprint density at radius 1 is 1.35 bits per heavy atom. The molecule has 2 amide bonds. The molecule has 0 rings (SSSR count). The van der Waals surface area contributed by atoms with Crippen molar-refractivity contribution in [2.24, 2.45) is 5.92 Å². The first-order valence-corrected chi connectivity index (χ1v) is 5.73. The van der Waals surface area contributed by atoms with E-state index in [0.29, 0.717) is 26.0 Å². The van der Waals surface area contributed by atoms with Gasteiger partial charge in [-0.1, -0.05) is 6.92 Å². The van der Waals surface area contributed by atoms with Crippen LogP contribution in [0.3, 0.4) is 0 Å². The van der Waals surface area contributed by atoms with Crippen molar-refractivity contribution in [3.8, 4) is 0 Å². The summed E-state index contributed by atoms with van der Waals surface area (Å²) in [6, 6.07) is -0.296. The molecule has 0 fully saturated rings. The van der Waals surface area contributed by atoms with E-state index in [-0.39, 0.29) is 18.0 Å². The highest BCUT2D eigenvalue weighted by molar-refractivity contribution is 5.74. The average Bonchev–Trinajstić information content (AvgIpc) is 2.24. The number of carboxylic acids is 1. The third-order valence-electron chi connectivity index (χ3n) is 2.32. The molecule has 0 spiro atoms. The molecule has 0 saturated carbocycles. The van der Waals surface area contributed by atoms with Gasteiger partial charge in [0, 0.05) is 13.7 Å². The maximum Gasteiger partial charge on any atom is 0.315 e. The zero-order valence-electron chi connectivity index (χ0n) is 10.7. The lowest BCUT2D eigenvalue weighted by Crippen LogP contribution is -2.42. The Balaban J connectivity index is 3.55. The van der Waals surface area contributed by atoms with Gasteiger partial charge in [-0.25, -0.2) is 4.79 Å². The molecule has 0 heterocycles. The molecule has 3 N–H and O–H groups in total. The molecule has 2 atom stereocenters. The van der Waals surface area contributed by atoms with Crippen LogP contribution in [0.25, 0.3) is 0 Å². The number of carbonyl (C=O) groups is 2. The first kappa shape index (κ1) is 15.7. The fourth-order valence-electron chi connectivity index (χ4n) is 1.30. The number of amides is 2. The summed E-state index contributed by atoms with van der Waals surface area (Å²) in [6.45, 7) is 4.44. The standard InChI is InChI=1S/C11H22N2O4/c1-8(10(14)15)5-4-6-12-11(16)13-9(2)7-17-3/h8-9H,4-7H2,1-3H3,(H,14,15)(H2,12,13,16). The Bertz CT molecular complexity index is 246. The van der Waals surface area contributed by atoms with Gasteiger partial charge in [-0.05, 0) is 19.8 Å². The van der Waals surface area contributed by atoms with Gasteiger partial charge in [0.1, 0.15) is 0 Å². The van der Waals surface area contributed by atoms with Crippen LogP contribution in [-0.2, 0) is 9.53 Å². The average molecular weight is 246 g/mol. The fourth-order valence-corrected chi connectivity index (χ4v) is 1.30. The van der Waals surface area contributed by atoms with Gasteiger partial charge in [0.15, 0.2) is 0 Å². The van der Waals surface area contributed by atoms with Gasteiger partial charge in [0.25, 0.3) is 0 Å². The minimum absolute atomic E-state index is 0.0436. The monoisotopic (exact) mass is 246 g/mol. The number of carbonyl (C=O) groups excluding carboxylic acids is 1. The number of nitrogens with one attached hydrogen (secondary N) is 2. The molecule has 17 heavy (non-hydrogen) atoms. The Kier molecular flexibility index (Phi) is 8.13. The molecule has 6 heteroatoms. The lowest BCUT2D eigenvalue weighted by molar-refractivity contribution is -0.141. The van der Waals surface area contributed by atoms with Crippen molar-refractivity contribution < 1.29 is 19.4 Å². The Morgan fingerprint density at radius 3 is 2.53 bits per heavy atom. The lowest BCUT2D eigenvalue weighted by atomic mass is 10.1. The number of aliphatic carboxylic acids is 1. The molecule has 0 aromatic heterocycles. The molecule has 0 aliphatic heterocycles. The molecule has 0 radical (unpaired) electrons. The van der Waals surface area contributed by atoms with Crippen molar-refractivity contribution in [2.45, 2.75) is 32.7 Å². The smallest absolute Gasteiger partial charge is 0.315 e. The molecular weight excluding hydrogens is 224 g/mol. The molecular formula is C11H22N2O4.